The average Bonchev–Trinajstić information content (AvgIpc) is 2.25. The van der Waals surface area contributed by atoms with Crippen molar-refractivity contribution in [2.24, 2.45) is 0 Å². The Bertz CT molecular complexity index is 367. The van der Waals surface area contributed by atoms with Gasteiger partial charge in [-0.15, -0.1) is 11.8 Å². The summed E-state index contributed by atoms with van der Waals surface area (Å²) in [5.74, 6) is 0.897. The maximum atomic E-state index is 9.44. The lowest BCUT2D eigenvalue weighted by molar-refractivity contribution is 0.191. The highest BCUT2D eigenvalue weighted by Crippen LogP contribution is 2.48. The zero-order valence-electron chi connectivity index (χ0n) is 9.82. The fourth-order valence-electron chi connectivity index (χ4n) is 1.96. The average molecular weight is 238 g/mol. The quantitative estimate of drug-likeness (QED) is 0.874. The van der Waals surface area contributed by atoms with E-state index < -0.39 is 0 Å². The van der Waals surface area contributed by atoms with Crippen LogP contribution in [-0.4, -0.2) is 23.6 Å². The molecule has 0 atom stereocenters. The SMILES string of the molecule is COc1ccc(SC2(CO)CCC2)c(C)c1. The molecule has 0 saturated heterocycles. The van der Waals surface area contributed by atoms with Crippen molar-refractivity contribution in [3.63, 3.8) is 0 Å². The van der Waals surface area contributed by atoms with Gasteiger partial charge in [0.2, 0.25) is 0 Å². The molecule has 1 N–H and O–H groups in total. The molecule has 1 fully saturated rings. The lowest BCUT2D eigenvalue weighted by Crippen LogP contribution is -2.37. The van der Waals surface area contributed by atoms with Crippen molar-refractivity contribution in [3.05, 3.63) is 23.8 Å². The Labute approximate surface area is 101 Å². The number of rotatable bonds is 4. The Morgan fingerprint density at radius 1 is 1.44 bits per heavy atom. The van der Waals surface area contributed by atoms with E-state index in [2.05, 4.69) is 13.0 Å². The lowest BCUT2D eigenvalue weighted by atomic mass is 9.85. The number of aryl methyl sites for hydroxylation is 1. The first kappa shape index (κ1) is 11.8. The van der Waals surface area contributed by atoms with Crippen LogP contribution in [0.5, 0.6) is 5.75 Å². The van der Waals surface area contributed by atoms with Crippen LogP contribution < -0.4 is 4.74 Å². The van der Waals surface area contributed by atoms with Crippen LogP contribution >= 0.6 is 11.8 Å². The standard InChI is InChI=1S/C13H18O2S/c1-10-8-11(15-2)4-5-12(10)16-13(9-14)6-3-7-13/h4-5,8,14H,3,6-7,9H2,1-2H3. The van der Waals surface area contributed by atoms with E-state index in [1.54, 1.807) is 7.11 Å². The van der Waals surface area contributed by atoms with E-state index in [0.29, 0.717) is 0 Å². The van der Waals surface area contributed by atoms with Crippen LogP contribution in [0.3, 0.4) is 0 Å². The third-order valence-corrected chi connectivity index (χ3v) is 4.91. The number of hydrogen-bond donors (Lipinski definition) is 1. The number of ether oxygens (including phenoxy) is 1. The van der Waals surface area contributed by atoms with Crippen molar-refractivity contribution in [2.45, 2.75) is 35.8 Å². The number of hydrogen-bond acceptors (Lipinski definition) is 3. The summed E-state index contributed by atoms with van der Waals surface area (Å²) in [7, 11) is 1.68. The van der Waals surface area contributed by atoms with E-state index in [-0.39, 0.29) is 11.4 Å². The molecule has 2 nitrogen and oxygen atoms in total. The van der Waals surface area contributed by atoms with Crippen LogP contribution in [0.4, 0.5) is 0 Å². The topological polar surface area (TPSA) is 29.5 Å². The molecule has 0 spiro atoms. The second-order valence-corrected chi connectivity index (χ2v) is 5.94. The maximum Gasteiger partial charge on any atom is 0.119 e. The molecular formula is C13H18O2S. The van der Waals surface area contributed by atoms with Gasteiger partial charge in [0.1, 0.15) is 5.75 Å². The van der Waals surface area contributed by atoms with Gasteiger partial charge < -0.3 is 9.84 Å². The van der Waals surface area contributed by atoms with Gasteiger partial charge in [-0.1, -0.05) is 6.42 Å². The highest BCUT2D eigenvalue weighted by Gasteiger charge is 2.37. The first-order chi connectivity index (χ1) is 7.69. The van der Waals surface area contributed by atoms with Crippen LogP contribution in [0.15, 0.2) is 23.1 Å². The minimum absolute atomic E-state index is 0.0827. The van der Waals surface area contributed by atoms with Crippen molar-refractivity contribution >= 4 is 11.8 Å². The van der Waals surface area contributed by atoms with Gasteiger partial charge >= 0.3 is 0 Å². The first-order valence-electron chi connectivity index (χ1n) is 5.64. The molecule has 16 heavy (non-hydrogen) atoms. The van der Waals surface area contributed by atoms with Gasteiger partial charge in [0, 0.05) is 9.64 Å². The number of thioether (sulfide) groups is 1. The van der Waals surface area contributed by atoms with E-state index in [9.17, 15) is 5.11 Å². The molecule has 1 aromatic carbocycles. The zero-order valence-corrected chi connectivity index (χ0v) is 10.6. The van der Waals surface area contributed by atoms with Gasteiger partial charge in [0.25, 0.3) is 0 Å². The third-order valence-electron chi connectivity index (χ3n) is 3.26. The fraction of sp³-hybridized carbons (Fsp3) is 0.538. The smallest absolute Gasteiger partial charge is 0.119 e. The van der Waals surface area contributed by atoms with E-state index in [1.807, 2.05) is 23.9 Å². The van der Waals surface area contributed by atoms with Crippen LogP contribution in [0.25, 0.3) is 0 Å². The van der Waals surface area contributed by atoms with Crippen molar-refractivity contribution in [1.82, 2.24) is 0 Å². The molecule has 0 unspecified atom stereocenters. The predicted molar refractivity (Wildman–Crippen MR) is 67.3 cm³/mol. The van der Waals surface area contributed by atoms with Crippen molar-refractivity contribution < 1.29 is 9.84 Å². The molecular weight excluding hydrogens is 220 g/mol. The van der Waals surface area contributed by atoms with Crippen LogP contribution in [-0.2, 0) is 0 Å². The summed E-state index contributed by atoms with van der Waals surface area (Å²) in [6.45, 7) is 2.37. The van der Waals surface area contributed by atoms with Gasteiger partial charge in [-0.3, -0.25) is 0 Å². The van der Waals surface area contributed by atoms with Gasteiger partial charge in [-0.25, -0.2) is 0 Å². The Hall–Kier alpha value is -0.670. The molecule has 0 aliphatic heterocycles. The van der Waals surface area contributed by atoms with Crippen molar-refractivity contribution in [1.29, 1.82) is 0 Å². The summed E-state index contributed by atoms with van der Waals surface area (Å²) >= 11 is 1.82. The van der Waals surface area contributed by atoms with Crippen molar-refractivity contribution in [3.8, 4) is 5.75 Å². The molecule has 0 amide bonds. The molecule has 1 aliphatic carbocycles. The van der Waals surface area contributed by atoms with Gasteiger partial charge in [-0.2, -0.15) is 0 Å². The van der Waals surface area contributed by atoms with E-state index in [1.165, 1.54) is 16.9 Å². The zero-order chi connectivity index (χ0) is 11.6. The number of aliphatic hydroxyl groups excluding tert-OH is 1. The monoisotopic (exact) mass is 238 g/mol. The Balaban J connectivity index is 2.15. The number of aliphatic hydroxyl groups is 1. The van der Waals surface area contributed by atoms with E-state index >= 15 is 0 Å². The number of benzene rings is 1. The third kappa shape index (κ3) is 2.20. The summed E-state index contributed by atoms with van der Waals surface area (Å²) < 4.78 is 5.27. The molecule has 0 aromatic heterocycles. The fourth-order valence-corrected chi connectivity index (χ4v) is 3.34. The van der Waals surface area contributed by atoms with Gasteiger partial charge in [0.15, 0.2) is 0 Å². The second-order valence-electron chi connectivity index (χ2n) is 4.43. The molecule has 0 bridgehead atoms. The normalized spacial score (nSPS) is 17.9. The predicted octanol–water partition coefficient (Wildman–Crippen LogP) is 3.01. The molecule has 2 rings (SSSR count). The van der Waals surface area contributed by atoms with Crippen LogP contribution in [0.1, 0.15) is 24.8 Å². The molecule has 1 aromatic rings. The Morgan fingerprint density at radius 3 is 2.62 bits per heavy atom. The van der Waals surface area contributed by atoms with Gasteiger partial charge in [-0.05, 0) is 43.5 Å². The summed E-state index contributed by atoms with van der Waals surface area (Å²) in [4.78, 5) is 1.26. The van der Waals surface area contributed by atoms with Crippen molar-refractivity contribution in [2.75, 3.05) is 13.7 Å². The maximum absolute atomic E-state index is 9.44. The Kier molecular flexibility index (Phi) is 3.45. The minimum atomic E-state index is 0.0827. The number of methoxy groups -OCH3 is 1. The van der Waals surface area contributed by atoms with Gasteiger partial charge in [0.05, 0.1) is 13.7 Å². The summed E-state index contributed by atoms with van der Waals surface area (Å²) in [6, 6.07) is 6.12. The summed E-state index contributed by atoms with van der Waals surface area (Å²) in [5.41, 5.74) is 1.23. The molecule has 3 heteroatoms. The molecule has 0 radical (unpaired) electrons. The molecule has 0 heterocycles. The highest BCUT2D eigenvalue weighted by atomic mass is 32.2. The first-order valence-corrected chi connectivity index (χ1v) is 6.45. The van der Waals surface area contributed by atoms with Crippen LogP contribution in [0, 0.1) is 6.92 Å². The van der Waals surface area contributed by atoms with E-state index in [0.717, 1.165) is 18.6 Å². The largest absolute Gasteiger partial charge is 0.497 e. The minimum Gasteiger partial charge on any atom is -0.497 e. The van der Waals surface area contributed by atoms with E-state index in [4.69, 9.17) is 4.74 Å². The second kappa shape index (κ2) is 4.68. The molecule has 1 aliphatic rings. The summed E-state index contributed by atoms with van der Waals surface area (Å²) in [5, 5.41) is 9.44. The lowest BCUT2D eigenvalue weighted by Gasteiger charge is -2.39. The van der Waals surface area contributed by atoms with Crippen LogP contribution in [0.2, 0.25) is 0 Å². The molecule has 88 valence electrons. The molecule has 1 saturated carbocycles. The Morgan fingerprint density at radius 2 is 2.19 bits per heavy atom. The summed E-state index contributed by atoms with van der Waals surface area (Å²) in [6.07, 6.45) is 3.49. The highest BCUT2D eigenvalue weighted by molar-refractivity contribution is 8.00.